The van der Waals surface area contributed by atoms with Gasteiger partial charge in [0.1, 0.15) is 6.61 Å². The molecule has 0 fully saturated rings. The fourth-order valence-electron chi connectivity index (χ4n) is 2.90. The molecule has 0 saturated heterocycles. The highest BCUT2D eigenvalue weighted by Gasteiger charge is 2.20. The zero-order valence-electron chi connectivity index (χ0n) is 15.5. The van der Waals surface area contributed by atoms with Gasteiger partial charge in [-0.1, -0.05) is 60.7 Å². The molecule has 6 nitrogen and oxygen atoms in total. The minimum atomic E-state index is -0.550. The number of nitrogens with one attached hydrogen (secondary N) is 1. The van der Waals surface area contributed by atoms with Crippen LogP contribution in [0.4, 0.5) is 10.1 Å². The zero-order valence-corrected chi connectivity index (χ0v) is 15.5. The highest BCUT2D eigenvalue weighted by molar-refractivity contribution is 5.80. The maximum Gasteiger partial charge on any atom is 0.273 e. The minimum absolute atomic E-state index is 0.00751. The number of nitrogens with zero attached hydrogens (tertiary/aromatic N) is 1. The molecular formula is C22H19FN2O4. The molecule has 0 radical (unpaired) electrons. The Kier molecular flexibility index (Phi) is 6.52. The van der Waals surface area contributed by atoms with Crippen molar-refractivity contribution >= 4 is 11.6 Å². The molecular weight excluding hydrogens is 375 g/mol. The van der Waals surface area contributed by atoms with E-state index in [0.717, 1.165) is 5.56 Å². The highest BCUT2D eigenvalue weighted by atomic mass is 19.1. The summed E-state index contributed by atoms with van der Waals surface area (Å²) >= 11 is 0. The van der Waals surface area contributed by atoms with E-state index in [4.69, 9.17) is 4.74 Å². The van der Waals surface area contributed by atoms with E-state index < -0.39 is 22.7 Å². The number of carbonyl (C=O) groups excluding carboxylic acids is 1. The van der Waals surface area contributed by atoms with Gasteiger partial charge in [0.15, 0.2) is 11.6 Å². The predicted octanol–water partition coefficient (Wildman–Crippen LogP) is 4.21. The van der Waals surface area contributed by atoms with Crippen molar-refractivity contribution in [2.75, 3.05) is 6.61 Å². The fraction of sp³-hybridized carbons (Fsp3) is 0.136. The van der Waals surface area contributed by atoms with Crippen LogP contribution >= 0.6 is 0 Å². The second-order valence-electron chi connectivity index (χ2n) is 6.33. The number of halogens is 1. The van der Waals surface area contributed by atoms with Crippen LogP contribution in [-0.4, -0.2) is 17.4 Å². The van der Waals surface area contributed by atoms with Crippen LogP contribution < -0.4 is 10.1 Å². The summed E-state index contributed by atoms with van der Waals surface area (Å²) in [5, 5.41) is 14.0. The number of benzene rings is 3. The number of nitro groups is 1. The average molecular weight is 394 g/mol. The van der Waals surface area contributed by atoms with Gasteiger partial charge in [-0.25, -0.2) is 4.39 Å². The number of hydrogen-bond donors (Lipinski definition) is 1. The van der Waals surface area contributed by atoms with Crippen molar-refractivity contribution in [3.05, 3.63) is 106 Å². The molecule has 0 aromatic heterocycles. The van der Waals surface area contributed by atoms with Crippen molar-refractivity contribution in [1.29, 1.82) is 0 Å². The number of carbonyl (C=O) groups is 1. The van der Waals surface area contributed by atoms with Gasteiger partial charge in [0, 0.05) is 11.6 Å². The normalized spacial score (nSPS) is 11.5. The first-order valence-corrected chi connectivity index (χ1v) is 8.98. The number of para-hydroxylation sites is 2. The van der Waals surface area contributed by atoms with E-state index in [9.17, 15) is 19.3 Å². The maximum atomic E-state index is 13.8. The van der Waals surface area contributed by atoms with Gasteiger partial charge in [-0.15, -0.1) is 0 Å². The first-order chi connectivity index (χ1) is 14.0. The van der Waals surface area contributed by atoms with Crippen LogP contribution in [0.15, 0.2) is 78.9 Å². The SMILES string of the molecule is O=C(Cc1ccccc1[N+](=O)[O-])N[C@H](COc1ccccc1F)c1ccccc1. The van der Waals surface area contributed by atoms with Gasteiger partial charge in [0.25, 0.3) is 5.69 Å². The monoisotopic (exact) mass is 394 g/mol. The Morgan fingerprint density at radius 3 is 2.38 bits per heavy atom. The molecule has 0 heterocycles. The van der Waals surface area contributed by atoms with E-state index in [0.29, 0.717) is 5.56 Å². The van der Waals surface area contributed by atoms with E-state index in [2.05, 4.69) is 5.32 Å². The molecule has 1 amide bonds. The Hall–Kier alpha value is -3.74. The molecule has 0 aliphatic heterocycles. The van der Waals surface area contributed by atoms with Gasteiger partial charge in [-0.2, -0.15) is 0 Å². The van der Waals surface area contributed by atoms with Crippen molar-refractivity contribution in [3.63, 3.8) is 0 Å². The lowest BCUT2D eigenvalue weighted by atomic mass is 10.1. The van der Waals surface area contributed by atoms with E-state index in [1.165, 1.54) is 18.2 Å². The molecule has 148 valence electrons. The highest BCUT2D eigenvalue weighted by Crippen LogP contribution is 2.21. The van der Waals surface area contributed by atoms with E-state index in [1.54, 1.807) is 30.3 Å². The molecule has 3 aromatic carbocycles. The lowest BCUT2D eigenvalue weighted by Gasteiger charge is -2.20. The molecule has 0 aliphatic carbocycles. The van der Waals surface area contributed by atoms with E-state index in [-0.39, 0.29) is 24.5 Å². The summed E-state index contributed by atoms with van der Waals surface area (Å²) in [6.07, 6.45) is -0.153. The second kappa shape index (κ2) is 9.45. The largest absolute Gasteiger partial charge is 0.488 e. The number of hydrogen-bond acceptors (Lipinski definition) is 4. The summed E-state index contributed by atoms with van der Waals surface area (Å²) in [5.41, 5.74) is 0.984. The Bertz CT molecular complexity index is 995. The summed E-state index contributed by atoms with van der Waals surface area (Å²) in [7, 11) is 0. The minimum Gasteiger partial charge on any atom is -0.488 e. The quantitative estimate of drug-likeness (QED) is 0.458. The third kappa shape index (κ3) is 5.38. The lowest BCUT2D eigenvalue weighted by molar-refractivity contribution is -0.385. The molecule has 0 unspecified atom stereocenters. The Morgan fingerprint density at radius 2 is 1.66 bits per heavy atom. The molecule has 0 spiro atoms. The molecule has 1 N–H and O–H groups in total. The van der Waals surface area contributed by atoms with Gasteiger partial charge in [0.2, 0.25) is 5.91 Å². The van der Waals surface area contributed by atoms with Crippen LogP contribution in [0.2, 0.25) is 0 Å². The Morgan fingerprint density at radius 1 is 1.00 bits per heavy atom. The number of amides is 1. The van der Waals surface area contributed by atoms with Gasteiger partial charge in [-0.3, -0.25) is 14.9 Å². The summed E-state index contributed by atoms with van der Waals surface area (Å²) in [5.74, 6) is -0.808. The van der Waals surface area contributed by atoms with Crippen LogP contribution in [0, 0.1) is 15.9 Å². The van der Waals surface area contributed by atoms with Gasteiger partial charge in [0.05, 0.1) is 17.4 Å². The predicted molar refractivity (Wildman–Crippen MR) is 106 cm³/mol. The molecule has 1 atom stereocenters. The summed E-state index contributed by atoms with van der Waals surface area (Å²) in [4.78, 5) is 23.2. The zero-order chi connectivity index (χ0) is 20.6. The Labute approximate surface area is 167 Å². The van der Waals surface area contributed by atoms with Crippen LogP contribution in [0.1, 0.15) is 17.2 Å². The van der Waals surface area contributed by atoms with Crippen LogP contribution in [0.3, 0.4) is 0 Å². The number of nitro benzene ring substituents is 1. The van der Waals surface area contributed by atoms with Crippen LogP contribution in [0.5, 0.6) is 5.75 Å². The van der Waals surface area contributed by atoms with Gasteiger partial charge in [-0.05, 0) is 17.7 Å². The molecule has 0 aliphatic rings. The lowest BCUT2D eigenvalue weighted by Crippen LogP contribution is -2.33. The summed E-state index contributed by atoms with van der Waals surface area (Å²) in [6, 6.07) is 20.7. The third-order valence-corrected chi connectivity index (χ3v) is 4.32. The van der Waals surface area contributed by atoms with E-state index >= 15 is 0 Å². The number of rotatable bonds is 8. The molecule has 0 bridgehead atoms. The topological polar surface area (TPSA) is 81.5 Å². The average Bonchev–Trinajstić information content (AvgIpc) is 2.73. The molecule has 0 saturated carbocycles. The summed E-state index contributed by atoms with van der Waals surface area (Å²) in [6.45, 7) is 0.00751. The van der Waals surface area contributed by atoms with Crippen molar-refractivity contribution in [2.24, 2.45) is 0 Å². The van der Waals surface area contributed by atoms with Gasteiger partial charge >= 0.3 is 0 Å². The van der Waals surface area contributed by atoms with Gasteiger partial charge < -0.3 is 10.1 Å². The molecule has 3 aromatic rings. The standard InChI is InChI=1S/C22H19FN2O4/c23-18-11-5-7-13-21(18)29-15-19(16-8-2-1-3-9-16)24-22(26)14-17-10-4-6-12-20(17)25(27)28/h1-13,19H,14-15H2,(H,24,26)/t19-/m1/s1. The first kappa shape index (κ1) is 20.0. The summed E-state index contributed by atoms with van der Waals surface area (Å²) < 4.78 is 19.4. The maximum absolute atomic E-state index is 13.8. The number of ether oxygens (including phenoxy) is 1. The smallest absolute Gasteiger partial charge is 0.273 e. The molecule has 7 heteroatoms. The fourth-order valence-corrected chi connectivity index (χ4v) is 2.90. The Balaban J connectivity index is 1.74. The van der Waals surface area contributed by atoms with Crippen molar-refractivity contribution in [1.82, 2.24) is 5.32 Å². The molecule has 3 rings (SSSR count). The first-order valence-electron chi connectivity index (χ1n) is 8.98. The van der Waals surface area contributed by atoms with Crippen molar-refractivity contribution in [3.8, 4) is 5.75 Å². The van der Waals surface area contributed by atoms with Crippen molar-refractivity contribution in [2.45, 2.75) is 12.5 Å². The van der Waals surface area contributed by atoms with E-state index in [1.807, 2.05) is 30.3 Å². The van der Waals surface area contributed by atoms with Crippen LogP contribution in [0.25, 0.3) is 0 Å². The second-order valence-corrected chi connectivity index (χ2v) is 6.33. The van der Waals surface area contributed by atoms with Crippen LogP contribution in [-0.2, 0) is 11.2 Å². The third-order valence-electron chi connectivity index (χ3n) is 4.32. The van der Waals surface area contributed by atoms with Crippen molar-refractivity contribution < 1.29 is 18.8 Å². The molecule has 29 heavy (non-hydrogen) atoms.